The van der Waals surface area contributed by atoms with E-state index in [1.54, 1.807) is 36.4 Å². The number of nitrogens with zero attached hydrogens (tertiary/aromatic N) is 1. The monoisotopic (exact) mass is 497 g/mol. The molecule has 0 saturated carbocycles. The number of aryl methyl sites for hydroxylation is 1. The van der Waals surface area contributed by atoms with Crippen molar-refractivity contribution in [3.63, 3.8) is 0 Å². The number of amides is 2. The third-order valence-corrected chi connectivity index (χ3v) is 6.40. The highest BCUT2D eigenvalue weighted by Gasteiger charge is 2.35. The largest absolute Gasteiger partial charge is 0.493 e. The lowest BCUT2D eigenvalue weighted by Crippen LogP contribution is -2.27. The summed E-state index contributed by atoms with van der Waals surface area (Å²) in [5.41, 5.74) is 2.92. The highest BCUT2D eigenvalue weighted by molar-refractivity contribution is 8.18. The van der Waals surface area contributed by atoms with Gasteiger partial charge in [0.15, 0.2) is 11.5 Å². The Morgan fingerprint density at radius 3 is 2.53 bits per heavy atom. The summed E-state index contributed by atoms with van der Waals surface area (Å²) in [6.07, 6.45) is 1.59. The molecule has 0 bridgehead atoms. The Kier molecular flexibility index (Phi) is 7.24. The van der Waals surface area contributed by atoms with E-state index >= 15 is 0 Å². The smallest absolute Gasteiger partial charge is 0.293 e. The Morgan fingerprint density at radius 2 is 1.82 bits per heavy atom. The van der Waals surface area contributed by atoms with Crippen molar-refractivity contribution in [3.05, 3.63) is 98.7 Å². The van der Waals surface area contributed by atoms with Gasteiger partial charge in [-0.1, -0.05) is 59.6 Å². The van der Waals surface area contributed by atoms with Crippen molar-refractivity contribution in [2.24, 2.45) is 0 Å². The van der Waals surface area contributed by atoms with Gasteiger partial charge in [-0.05, 0) is 54.1 Å². The first-order valence-corrected chi connectivity index (χ1v) is 11.6. The van der Waals surface area contributed by atoms with Gasteiger partial charge in [-0.3, -0.25) is 14.5 Å². The van der Waals surface area contributed by atoms with Gasteiger partial charge >= 0.3 is 0 Å². The standard InChI is InChI=1S/C26H21ClFNO4S/c1-16-7-9-17(10-8-16)14-29-25(30)23(34-26(29)31)13-18-11-20(27)24(22(12-18)32-2)33-15-19-5-3-4-6-21(19)28/h3-13H,14-15H2,1-2H3/b23-13-. The van der Waals surface area contributed by atoms with E-state index in [-0.39, 0.29) is 45.8 Å². The molecule has 1 fully saturated rings. The number of hydrogen-bond donors (Lipinski definition) is 0. The molecule has 0 aromatic heterocycles. The van der Waals surface area contributed by atoms with E-state index in [0.717, 1.165) is 22.9 Å². The minimum Gasteiger partial charge on any atom is -0.493 e. The summed E-state index contributed by atoms with van der Waals surface area (Å²) in [5, 5.41) is -0.0967. The topological polar surface area (TPSA) is 55.8 Å². The molecule has 34 heavy (non-hydrogen) atoms. The van der Waals surface area contributed by atoms with Crippen LogP contribution in [0.4, 0.5) is 9.18 Å². The number of halogens is 2. The number of hydrogen-bond acceptors (Lipinski definition) is 5. The molecular formula is C26H21ClFNO4S. The van der Waals surface area contributed by atoms with E-state index in [4.69, 9.17) is 21.1 Å². The first kappa shape index (κ1) is 23.9. The molecule has 0 aliphatic carbocycles. The van der Waals surface area contributed by atoms with Gasteiger partial charge < -0.3 is 9.47 Å². The van der Waals surface area contributed by atoms with Crippen LogP contribution in [-0.2, 0) is 17.9 Å². The summed E-state index contributed by atoms with van der Waals surface area (Å²) in [4.78, 5) is 26.9. The predicted octanol–water partition coefficient (Wildman–Crippen LogP) is 6.61. The Hall–Kier alpha value is -3.29. The lowest BCUT2D eigenvalue weighted by atomic mass is 10.1. The third-order valence-electron chi connectivity index (χ3n) is 5.21. The molecule has 3 aromatic carbocycles. The molecule has 8 heteroatoms. The van der Waals surface area contributed by atoms with Gasteiger partial charge in [-0.25, -0.2) is 4.39 Å². The van der Waals surface area contributed by atoms with Gasteiger partial charge in [0.2, 0.25) is 0 Å². The molecule has 174 valence electrons. The van der Waals surface area contributed by atoms with E-state index in [2.05, 4.69) is 0 Å². The lowest BCUT2D eigenvalue weighted by Gasteiger charge is -2.14. The summed E-state index contributed by atoms with van der Waals surface area (Å²) < 4.78 is 25.0. The number of carbonyl (C=O) groups is 2. The van der Waals surface area contributed by atoms with Gasteiger partial charge in [0.05, 0.1) is 23.6 Å². The molecular weight excluding hydrogens is 477 g/mol. The fraction of sp³-hybridized carbons (Fsp3) is 0.154. The van der Waals surface area contributed by atoms with Crippen LogP contribution >= 0.6 is 23.4 Å². The third kappa shape index (κ3) is 5.26. The maximum Gasteiger partial charge on any atom is 0.293 e. The molecule has 0 unspecified atom stereocenters. The van der Waals surface area contributed by atoms with Crippen LogP contribution in [0.15, 0.2) is 65.6 Å². The quantitative estimate of drug-likeness (QED) is 0.344. The zero-order chi connectivity index (χ0) is 24.2. The molecule has 0 atom stereocenters. The average molecular weight is 498 g/mol. The van der Waals surface area contributed by atoms with Crippen LogP contribution in [0, 0.1) is 12.7 Å². The van der Waals surface area contributed by atoms with E-state index in [1.165, 1.54) is 18.1 Å². The second kappa shape index (κ2) is 10.3. The summed E-state index contributed by atoms with van der Waals surface area (Å²) in [6, 6.07) is 17.2. The Morgan fingerprint density at radius 1 is 1.09 bits per heavy atom. The van der Waals surface area contributed by atoms with Crippen molar-refractivity contribution in [1.29, 1.82) is 0 Å². The van der Waals surface area contributed by atoms with Gasteiger partial charge in [-0.15, -0.1) is 0 Å². The van der Waals surface area contributed by atoms with Gasteiger partial charge in [0.25, 0.3) is 11.1 Å². The van der Waals surface area contributed by atoms with E-state index in [9.17, 15) is 14.0 Å². The highest BCUT2D eigenvalue weighted by Crippen LogP contribution is 2.39. The second-order valence-corrected chi connectivity index (χ2v) is 9.07. The van der Waals surface area contributed by atoms with Crippen molar-refractivity contribution < 1.29 is 23.5 Å². The zero-order valence-electron chi connectivity index (χ0n) is 18.5. The number of imide groups is 1. The van der Waals surface area contributed by atoms with Crippen LogP contribution in [0.25, 0.3) is 6.08 Å². The van der Waals surface area contributed by atoms with Crippen LogP contribution in [0.1, 0.15) is 22.3 Å². The van der Waals surface area contributed by atoms with E-state index in [0.29, 0.717) is 16.9 Å². The summed E-state index contributed by atoms with van der Waals surface area (Å²) in [5.74, 6) is -0.160. The van der Waals surface area contributed by atoms with E-state index in [1.807, 2.05) is 31.2 Å². The first-order chi connectivity index (χ1) is 16.4. The molecule has 5 nitrogen and oxygen atoms in total. The van der Waals surface area contributed by atoms with Crippen LogP contribution in [-0.4, -0.2) is 23.2 Å². The minimum absolute atomic E-state index is 0.0278. The van der Waals surface area contributed by atoms with Crippen LogP contribution in [0.5, 0.6) is 11.5 Å². The molecule has 2 amide bonds. The maximum absolute atomic E-state index is 13.9. The van der Waals surface area contributed by atoms with Gasteiger partial charge in [-0.2, -0.15) is 0 Å². The summed E-state index contributed by atoms with van der Waals surface area (Å²) >= 11 is 7.29. The molecule has 4 rings (SSSR count). The molecule has 1 heterocycles. The minimum atomic E-state index is -0.379. The molecule has 0 radical (unpaired) electrons. The number of benzene rings is 3. The molecule has 0 spiro atoms. The first-order valence-electron chi connectivity index (χ1n) is 10.4. The second-order valence-electron chi connectivity index (χ2n) is 7.67. The van der Waals surface area contributed by atoms with Gasteiger partial charge in [0, 0.05) is 5.56 Å². The number of ether oxygens (including phenoxy) is 2. The number of thioether (sulfide) groups is 1. The highest BCUT2D eigenvalue weighted by atomic mass is 35.5. The Labute approximate surface area is 206 Å². The van der Waals surface area contributed by atoms with Crippen LogP contribution in [0.2, 0.25) is 5.02 Å². The molecule has 1 saturated heterocycles. The van der Waals surface area contributed by atoms with Crippen molar-refractivity contribution in [3.8, 4) is 11.5 Å². The lowest BCUT2D eigenvalue weighted by molar-refractivity contribution is -0.123. The normalized spacial score (nSPS) is 14.7. The fourth-order valence-corrected chi connectivity index (χ4v) is 4.50. The SMILES string of the molecule is COc1cc(/C=C2\SC(=O)N(Cc3ccc(C)cc3)C2=O)cc(Cl)c1OCc1ccccc1F. The Balaban J connectivity index is 1.53. The molecule has 3 aromatic rings. The average Bonchev–Trinajstić information content (AvgIpc) is 3.07. The number of carbonyl (C=O) groups excluding carboxylic acids is 2. The van der Waals surface area contributed by atoms with Crippen molar-refractivity contribution in [1.82, 2.24) is 4.90 Å². The summed E-state index contributed by atoms with van der Waals surface area (Å²) in [6.45, 7) is 2.15. The van der Waals surface area contributed by atoms with Crippen molar-refractivity contribution in [2.75, 3.05) is 7.11 Å². The Bertz CT molecular complexity index is 1280. The zero-order valence-corrected chi connectivity index (χ0v) is 20.1. The molecule has 0 N–H and O–H groups in total. The number of rotatable bonds is 7. The van der Waals surface area contributed by atoms with Crippen molar-refractivity contribution >= 4 is 40.6 Å². The van der Waals surface area contributed by atoms with Crippen LogP contribution < -0.4 is 9.47 Å². The van der Waals surface area contributed by atoms with Gasteiger partial charge in [0.1, 0.15) is 12.4 Å². The molecule has 1 aliphatic rings. The van der Waals surface area contributed by atoms with Crippen molar-refractivity contribution in [2.45, 2.75) is 20.1 Å². The van der Waals surface area contributed by atoms with Crippen LogP contribution in [0.3, 0.4) is 0 Å². The fourth-order valence-electron chi connectivity index (χ4n) is 3.39. The molecule has 1 aliphatic heterocycles. The van der Waals surface area contributed by atoms with E-state index < -0.39 is 0 Å². The summed E-state index contributed by atoms with van der Waals surface area (Å²) in [7, 11) is 1.46. The number of methoxy groups -OCH3 is 1. The maximum atomic E-state index is 13.9. The predicted molar refractivity (Wildman–Crippen MR) is 131 cm³/mol.